The van der Waals surface area contributed by atoms with Crippen LogP contribution in [0.2, 0.25) is 0 Å². The molecule has 0 aliphatic carbocycles. The molecule has 0 aromatic carbocycles. The predicted molar refractivity (Wildman–Crippen MR) is 66.3 cm³/mol. The van der Waals surface area contributed by atoms with Crippen LogP contribution in [0.5, 0.6) is 0 Å². The molecule has 2 N–H and O–H groups in total. The van der Waals surface area contributed by atoms with E-state index in [1.807, 2.05) is 0 Å². The molecule has 0 unspecified atom stereocenters. The molecular weight excluding hydrogens is 321 g/mol. The minimum Gasteiger partial charge on any atom is -0.372 e. The molecule has 0 amide bonds. The lowest BCUT2D eigenvalue weighted by Gasteiger charge is -2.10. The molecule has 0 aliphatic heterocycles. The van der Waals surface area contributed by atoms with E-state index in [-0.39, 0.29) is 24.1 Å². The number of nitrogens with zero attached hydrogens (tertiary/aromatic N) is 2. The molecule has 1 aromatic heterocycles. The van der Waals surface area contributed by atoms with Gasteiger partial charge in [0.25, 0.3) is 0 Å². The van der Waals surface area contributed by atoms with Crippen LogP contribution in [0.1, 0.15) is 0 Å². The van der Waals surface area contributed by atoms with Crippen LogP contribution in [0.25, 0.3) is 0 Å². The number of hydrogen-bond donors (Lipinski definition) is 2. The summed E-state index contributed by atoms with van der Waals surface area (Å²) < 4.78 is 36.2. The standard InChI is InChI=1S/C8H10BrF3N4S/c1-13-6-5(9)7(16-4-15-6)14-2-3-17-8(10,11)12/h4H,2-3H2,1H3,(H2,13,14,15,16). The van der Waals surface area contributed by atoms with Crippen molar-refractivity contribution in [1.82, 2.24) is 9.97 Å². The molecule has 0 atom stereocenters. The first kappa shape index (κ1) is 14.4. The van der Waals surface area contributed by atoms with Gasteiger partial charge in [0, 0.05) is 19.3 Å². The topological polar surface area (TPSA) is 49.8 Å². The van der Waals surface area contributed by atoms with Gasteiger partial charge in [-0.25, -0.2) is 9.97 Å². The predicted octanol–water partition coefficient (Wildman–Crippen LogP) is 2.95. The molecule has 0 spiro atoms. The molecule has 0 bridgehead atoms. The number of anilines is 2. The monoisotopic (exact) mass is 330 g/mol. The second-order valence-corrected chi connectivity index (χ2v) is 4.81. The Bertz CT molecular complexity index is 374. The number of hydrogen-bond acceptors (Lipinski definition) is 5. The van der Waals surface area contributed by atoms with Gasteiger partial charge in [-0.05, 0) is 27.7 Å². The van der Waals surface area contributed by atoms with Crippen LogP contribution in [0.15, 0.2) is 10.8 Å². The van der Waals surface area contributed by atoms with Crippen LogP contribution < -0.4 is 10.6 Å². The van der Waals surface area contributed by atoms with E-state index in [4.69, 9.17) is 0 Å². The summed E-state index contributed by atoms with van der Waals surface area (Å²) in [6, 6.07) is 0. The Balaban J connectivity index is 2.47. The zero-order valence-electron chi connectivity index (χ0n) is 8.81. The zero-order valence-corrected chi connectivity index (χ0v) is 11.2. The van der Waals surface area contributed by atoms with Crippen LogP contribution in [0.4, 0.5) is 24.8 Å². The highest BCUT2D eigenvalue weighted by Gasteiger charge is 2.27. The lowest BCUT2D eigenvalue weighted by molar-refractivity contribution is -0.0327. The van der Waals surface area contributed by atoms with Gasteiger partial charge in [0.15, 0.2) is 0 Å². The van der Waals surface area contributed by atoms with Crippen LogP contribution >= 0.6 is 27.7 Å². The first-order valence-corrected chi connectivity index (χ1v) is 6.34. The Labute approximate surface area is 109 Å². The van der Waals surface area contributed by atoms with Gasteiger partial charge in [-0.15, -0.1) is 0 Å². The highest BCUT2D eigenvalue weighted by Crippen LogP contribution is 2.30. The summed E-state index contributed by atoms with van der Waals surface area (Å²) in [5, 5.41) is 5.63. The Kier molecular flexibility index (Phi) is 5.31. The number of alkyl halides is 3. The van der Waals surface area contributed by atoms with Crippen LogP contribution in [-0.2, 0) is 0 Å². The van der Waals surface area contributed by atoms with E-state index in [1.165, 1.54) is 6.33 Å². The van der Waals surface area contributed by atoms with E-state index in [2.05, 4.69) is 36.5 Å². The summed E-state index contributed by atoms with van der Waals surface area (Å²) in [6.45, 7) is 0.170. The first-order valence-electron chi connectivity index (χ1n) is 4.57. The van der Waals surface area contributed by atoms with Crippen LogP contribution in [-0.4, -0.2) is 34.8 Å². The minimum absolute atomic E-state index is 0.0682. The zero-order chi connectivity index (χ0) is 12.9. The Morgan fingerprint density at radius 2 is 2.00 bits per heavy atom. The van der Waals surface area contributed by atoms with Gasteiger partial charge in [-0.2, -0.15) is 13.2 Å². The number of thioether (sulfide) groups is 1. The molecular formula is C8H10BrF3N4S. The first-order chi connectivity index (χ1) is 7.94. The maximum absolute atomic E-state index is 11.9. The van der Waals surface area contributed by atoms with E-state index >= 15 is 0 Å². The fourth-order valence-corrected chi connectivity index (χ4v) is 1.98. The van der Waals surface area contributed by atoms with E-state index in [0.29, 0.717) is 16.1 Å². The van der Waals surface area contributed by atoms with E-state index in [1.54, 1.807) is 7.05 Å². The molecule has 4 nitrogen and oxygen atoms in total. The fourth-order valence-electron chi connectivity index (χ4n) is 1.00. The molecule has 96 valence electrons. The largest absolute Gasteiger partial charge is 0.441 e. The fraction of sp³-hybridized carbons (Fsp3) is 0.500. The molecule has 0 aliphatic rings. The molecule has 0 fully saturated rings. The van der Waals surface area contributed by atoms with E-state index in [0.717, 1.165) is 0 Å². The molecule has 1 aromatic rings. The van der Waals surface area contributed by atoms with Crippen molar-refractivity contribution in [3.63, 3.8) is 0 Å². The van der Waals surface area contributed by atoms with Gasteiger partial charge in [0.2, 0.25) is 0 Å². The summed E-state index contributed by atoms with van der Waals surface area (Å²) in [7, 11) is 1.69. The highest BCUT2D eigenvalue weighted by atomic mass is 79.9. The van der Waals surface area contributed by atoms with Crippen LogP contribution in [0, 0.1) is 0 Å². The third-order valence-electron chi connectivity index (χ3n) is 1.69. The third-order valence-corrected chi connectivity index (χ3v) is 3.17. The lowest BCUT2D eigenvalue weighted by Crippen LogP contribution is -2.11. The van der Waals surface area contributed by atoms with E-state index in [9.17, 15) is 13.2 Å². The molecule has 0 radical (unpaired) electrons. The van der Waals surface area contributed by atoms with Crippen molar-refractivity contribution in [2.75, 3.05) is 30.0 Å². The quantitative estimate of drug-likeness (QED) is 0.813. The second kappa shape index (κ2) is 6.29. The van der Waals surface area contributed by atoms with Gasteiger partial charge in [-0.3, -0.25) is 0 Å². The lowest BCUT2D eigenvalue weighted by atomic mass is 10.5. The normalized spacial score (nSPS) is 11.4. The number of nitrogens with one attached hydrogen (secondary N) is 2. The molecule has 1 heterocycles. The van der Waals surface area contributed by atoms with Gasteiger partial charge in [-0.1, -0.05) is 0 Å². The minimum atomic E-state index is -4.19. The van der Waals surface area contributed by atoms with Crippen molar-refractivity contribution in [2.24, 2.45) is 0 Å². The number of rotatable bonds is 5. The maximum Gasteiger partial charge on any atom is 0.441 e. The van der Waals surface area contributed by atoms with Gasteiger partial charge >= 0.3 is 5.51 Å². The van der Waals surface area contributed by atoms with Crippen LogP contribution in [0.3, 0.4) is 0 Å². The molecule has 0 saturated carbocycles. The maximum atomic E-state index is 11.9. The van der Waals surface area contributed by atoms with Crippen molar-refractivity contribution in [3.05, 3.63) is 10.8 Å². The van der Waals surface area contributed by atoms with Crippen molar-refractivity contribution < 1.29 is 13.2 Å². The van der Waals surface area contributed by atoms with Gasteiger partial charge in [0.05, 0.1) is 0 Å². The Morgan fingerprint density at radius 1 is 1.35 bits per heavy atom. The number of aromatic nitrogens is 2. The Hall–Kier alpha value is -0.700. The molecule has 17 heavy (non-hydrogen) atoms. The Morgan fingerprint density at radius 3 is 2.59 bits per heavy atom. The summed E-state index contributed by atoms with van der Waals surface area (Å²) in [5.41, 5.74) is -4.19. The van der Waals surface area contributed by atoms with Crippen molar-refractivity contribution in [2.45, 2.75) is 5.51 Å². The third kappa shape index (κ3) is 4.99. The summed E-state index contributed by atoms with van der Waals surface area (Å²) >= 11 is 3.19. The van der Waals surface area contributed by atoms with Gasteiger partial charge < -0.3 is 10.6 Å². The van der Waals surface area contributed by atoms with Crippen molar-refractivity contribution in [3.8, 4) is 0 Å². The molecule has 0 saturated heterocycles. The molecule has 1 rings (SSSR count). The van der Waals surface area contributed by atoms with Gasteiger partial charge in [0.1, 0.15) is 22.4 Å². The van der Waals surface area contributed by atoms with Crippen molar-refractivity contribution in [1.29, 1.82) is 0 Å². The summed E-state index contributed by atoms with van der Waals surface area (Å²) in [4.78, 5) is 7.85. The second-order valence-electron chi connectivity index (χ2n) is 2.86. The average Bonchev–Trinajstić information content (AvgIpc) is 2.25. The molecule has 9 heteroatoms. The average molecular weight is 331 g/mol. The summed E-state index contributed by atoms with van der Waals surface area (Å²) in [6.07, 6.45) is 1.33. The summed E-state index contributed by atoms with van der Waals surface area (Å²) in [5.74, 6) is 0.965. The number of halogens is 4. The highest BCUT2D eigenvalue weighted by molar-refractivity contribution is 9.10. The SMILES string of the molecule is CNc1ncnc(NCCSC(F)(F)F)c1Br. The van der Waals surface area contributed by atoms with Crippen molar-refractivity contribution >= 4 is 39.3 Å². The van der Waals surface area contributed by atoms with E-state index < -0.39 is 5.51 Å². The smallest absolute Gasteiger partial charge is 0.372 e.